The molecule has 2 aromatic carbocycles. The second-order valence-electron chi connectivity index (χ2n) is 3.88. The fourth-order valence-electron chi connectivity index (χ4n) is 1.75. The molecule has 0 spiro atoms. The van der Waals surface area contributed by atoms with Gasteiger partial charge in [-0.2, -0.15) is 5.26 Å². The molecule has 0 radical (unpaired) electrons. The molecule has 0 fully saturated rings. The van der Waals surface area contributed by atoms with Crippen molar-refractivity contribution >= 4 is 0 Å². The van der Waals surface area contributed by atoms with E-state index in [1.54, 1.807) is 0 Å². The quantitative estimate of drug-likeness (QED) is 0.737. The molecule has 0 N–H and O–H groups in total. The number of aryl methyl sites for hydroxylation is 1. The van der Waals surface area contributed by atoms with E-state index in [1.807, 2.05) is 61.5 Å². The van der Waals surface area contributed by atoms with Gasteiger partial charge in [-0.3, -0.25) is 0 Å². The first kappa shape index (κ1) is 10.4. The van der Waals surface area contributed by atoms with Crippen LogP contribution in [-0.2, 0) is 0 Å². The van der Waals surface area contributed by atoms with Crippen molar-refractivity contribution in [3.05, 3.63) is 71.3 Å². The van der Waals surface area contributed by atoms with Gasteiger partial charge in [0.15, 0.2) is 0 Å². The molecule has 0 aliphatic carbocycles. The number of benzene rings is 2. The second kappa shape index (κ2) is 4.63. The lowest BCUT2D eigenvalue weighted by Crippen LogP contribution is -1.97. The van der Waals surface area contributed by atoms with Crippen LogP contribution in [0.4, 0.5) is 0 Å². The molecule has 0 amide bonds. The van der Waals surface area contributed by atoms with Crippen molar-refractivity contribution in [1.29, 1.82) is 5.26 Å². The number of hydrogen-bond acceptors (Lipinski definition) is 1. The number of nitrogens with zero attached hydrogens (tertiary/aromatic N) is 1. The van der Waals surface area contributed by atoms with Crippen LogP contribution >= 0.6 is 0 Å². The molecular weight excluding hydrogens is 194 g/mol. The van der Waals surface area contributed by atoms with E-state index in [1.165, 1.54) is 5.56 Å². The van der Waals surface area contributed by atoms with Crippen LogP contribution in [0.15, 0.2) is 54.6 Å². The van der Waals surface area contributed by atoms with Gasteiger partial charge in [-0.1, -0.05) is 60.2 Å². The highest BCUT2D eigenvalue weighted by Gasteiger charge is 2.11. The molecule has 0 saturated heterocycles. The molecule has 0 aliphatic heterocycles. The highest BCUT2D eigenvalue weighted by Crippen LogP contribution is 2.23. The molecule has 16 heavy (non-hydrogen) atoms. The zero-order valence-corrected chi connectivity index (χ0v) is 9.22. The summed E-state index contributed by atoms with van der Waals surface area (Å²) in [6, 6.07) is 20.4. The van der Waals surface area contributed by atoms with Gasteiger partial charge < -0.3 is 0 Å². The van der Waals surface area contributed by atoms with Gasteiger partial charge in [0.05, 0.1) is 12.0 Å². The zero-order valence-electron chi connectivity index (χ0n) is 9.22. The van der Waals surface area contributed by atoms with Crippen LogP contribution in [0.5, 0.6) is 0 Å². The smallest absolute Gasteiger partial charge is 0.0962 e. The molecule has 0 saturated carbocycles. The molecule has 2 rings (SSSR count). The summed E-state index contributed by atoms with van der Waals surface area (Å²) < 4.78 is 0. The fraction of sp³-hybridized carbons (Fsp3) is 0.133. The Balaban J connectivity index is 2.38. The molecule has 0 aromatic heterocycles. The normalized spacial score (nSPS) is 11.8. The Morgan fingerprint density at radius 2 is 1.44 bits per heavy atom. The van der Waals surface area contributed by atoms with E-state index in [0.29, 0.717) is 0 Å². The standard InChI is InChI=1S/C15H13N/c1-12-7-9-14(10-8-12)15(11-16)13-5-3-2-4-6-13/h2-10,15H,1H3/t15-/m0/s1. The third kappa shape index (κ3) is 2.12. The number of rotatable bonds is 2. The second-order valence-corrected chi connectivity index (χ2v) is 3.88. The van der Waals surface area contributed by atoms with Crippen molar-refractivity contribution in [2.75, 3.05) is 0 Å². The van der Waals surface area contributed by atoms with E-state index in [2.05, 4.69) is 6.07 Å². The lowest BCUT2D eigenvalue weighted by Gasteiger charge is -2.09. The minimum Gasteiger partial charge on any atom is -0.197 e. The third-order valence-corrected chi connectivity index (χ3v) is 2.67. The molecule has 1 nitrogen and oxygen atoms in total. The lowest BCUT2D eigenvalue weighted by atomic mass is 9.92. The highest BCUT2D eigenvalue weighted by atomic mass is 14.3. The summed E-state index contributed by atoms with van der Waals surface area (Å²) in [7, 11) is 0. The molecule has 1 atom stereocenters. The summed E-state index contributed by atoms with van der Waals surface area (Å²) in [5.41, 5.74) is 3.32. The average Bonchev–Trinajstić information content (AvgIpc) is 2.34. The molecule has 2 aromatic rings. The molecule has 0 aliphatic rings. The average molecular weight is 207 g/mol. The van der Waals surface area contributed by atoms with Crippen LogP contribution in [-0.4, -0.2) is 0 Å². The van der Waals surface area contributed by atoms with Gasteiger partial charge in [0.1, 0.15) is 0 Å². The van der Waals surface area contributed by atoms with Gasteiger partial charge in [-0.15, -0.1) is 0 Å². The first-order chi connectivity index (χ1) is 7.81. The topological polar surface area (TPSA) is 23.8 Å². The monoisotopic (exact) mass is 207 g/mol. The molecule has 0 bridgehead atoms. The van der Waals surface area contributed by atoms with Crippen LogP contribution in [0.3, 0.4) is 0 Å². The van der Waals surface area contributed by atoms with Crippen molar-refractivity contribution in [3.8, 4) is 6.07 Å². The summed E-state index contributed by atoms with van der Waals surface area (Å²) in [5, 5.41) is 9.25. The van der Waals surface area contributed by atoms with Gasteiger partial charge in [0.2, 0.25) is 0 Å². The largest absolute Gasteiger partial charge is 0.197 e. The summed E-state index contributed by atoms with van der Waals surface area (Å²) in [6.07, 6.45) is 0. The SMILES string of the molecule is Cc1ccc([C@@H](C#N)c2ccccc2)cc1. The highest BCUT2D eigenvalue weighted by molar-refractivity contribution is 5.38. The maximum atomic E-state index is 9.25. The predicted molar refractivity (Wildman–Crippen MR) is 65.1 cm³/mol. The first-order valence-electron chi connectivity index (χ1n) is 5.32. The third-order valence-electron chi connectivity index (χ3n) is 2.67. The Bertz CT molecular complexity index is 491. The van der Waals surface area contributed by atoms with E-state index in [0.717, 1.165) is 11.1 Å². The predicted octanol–water partition coefficient (Wildman–Crippen LogP) is 3.65. The van der Waals surface area contributed by atoms with Crippen LogP contribution in [0.2, 0.25) is 0 Å². The Morgan fingerprint density at radius 3 is 2.00 bits per heavy atom. The molecule has 78 valence electrons. The van der Waals surface area contributed by atoms with Crippen LogP contribution in [0, 0.1) is 18.3 Å². The van der Waals surface area contributed by atoms with E-state index in [9.17, 15) is 5.26 Å². The van der Waals surface area contributed by atoms with Crippen molar-refractivity contribution in [1.82, 2.24) is 0 Å². The summed E-state index contributed by atoms with van der Waals surface area (Å²) in [6.45, 7) is 2.05. The van der Waals surface area contributed by atoms with E-state index in [4.69, 9.17) is 0 Å². The van der Waals surface area contributed by atoms with Gasteiger partial charge >= 0.3 is 0 Å². The Kier molecular flexibility index (Phi) is 3.03. The van der Waals surface area contributed by atoms with Crippen molar-refractivity contribution in [2.45, 2.75) is 12.8 Å². The number of hydrogen-bond donors (Lipinski definition) is 0. The summed E-state index contributed by atoms with van der Waals surface area (Å²) in [4.78, 5) is 0. The van der Waals surface area contributed by atoms with Crippen LogP contribution in [0.25, 0.3) is 0 Å². The molecular formula is C15H13N. The Hall–Kier alpha value is -2.07. The molecule has 0 unspecified atom stereocenters. The van der Waals surface area contributed by atoms with Crippen molar-refractivity contribution in [3.63, 3.8) is 0 Å². The zero-order chi connectivity index (χ0) is 11.4. The van der Waals surface area contributed by atoms with E-state index < -0.39 is 0 Å². The summed E-state index contributed by atoms with van der Waals surface area (Å²) in [5.74, 6) is -0.165. The fourth-order valence-corrected chi connectivity index (χ4v) is 1.75. The molecule has 1 heteroatoms. The van der Waals surface area contributed by atoms with Crippen LogP contribution in [0.1, 0.15) is 22.6 Å². The summed E-state index contributed by atoms with van der Waals surface area (Å²) >= 11 is 0. The van der Waals surface area contributed by atoms with Gasteiger partial charge in [-0.25, -0.2) is 0 Å². The maximum Gasteiger partial charge on any atom is 0.0962 e. The van der Waals surface area contributed by atoms with Gasteiger partial charge in [0.25, 0.3) is 0 Å². The van der Waals surface area contributed by atoms with Crippen LogP contribution < -0.4 is 0 Å². The maximum absolute atomic E-state index is 9.25. The van der Waals surface area contributed by atoms with Gasteiger partial charge in [-0.05, 0) is 18.1 Å². The Labute approximate surface area is 96.0 Å². The Morgan fingerprint density at radius 1 is 0.875 bits per heavy atom. The minimum absolute atomic E-state index is 0.165. The first-order valence-corrected chi connectivity index (χ1v) is 5.32. The van der Waals surface area contributed by atoms with E-state index >= 15 is 0 Å². The minimum atomic E-state index is -0.165. The number of nitriles is 1. The van der Waals surface area contributed by atoms with Crippen molar-refractivity contribution in [2.24, 2.45) is 0 Å². The van der Waals surface area contributed by atoms with Crippen molar-refractivity contribution < 1.29 is 0 Å². The van der Waals surface area contributed by atoms with E-state index in [-0.39, 0.29) is 5.92 Å². The lowest BCUT2D eigenvalue weighted by molar-refractivity contribution is 1.04. The van der Waals surface area contributed by atoms with Gasteiger partial charge in [0, 0.05) is 0 Å². The molecule has 0 heterocycles.